The van der Waals surface area contributed by atoms with E-state index in [9.17, 15) is 21.6 Å². The van der Waals surface area contributed by atoms with Crippen LogP contribution in [0, 0.1) is 11.8 Å². The average molecular weight is 548 g/mol. The van der Waals surface area contributed by atoms with Crippen molar-refractivity contribution in [3.63, 3.8) is 0 Å². The predicted octanol–water partition coefficient (Wildman–Crippen LogP) is 3.90. The van der Waals surface area contributed by atoms with E-state index in [1.54, 1.807) is 24.4 Å². The van der Waals surface area contributed by atoms with Crippen molar-refractivity contribution in [2.75, 3.05) is 50.7 Å². The van der Waals surface area contributed by atoms with Gasteiger partial charge in [-0.25, -0.2) is 17.8 Å². The number of nitrogens with zero attached hydrogens (tertiary/aromatic N) is 3. The van der Waals surface area contributed by atoms with E-state index >= 15 is 0 Å². The maximum atomic E-state index is 14.6. The number of benzene rings is 1. The van der Waals surface area contributed by atoms with Gasteiger partial charge in [-0.05, 0) is 43.7 Å². The summed E-state index contributed by atoms with van der Waals surface area (Å²) in [5.74, 6) is 6.01. The van der Waals surface area contributed by atoms with E-state index in [1.165, 1.54) is 23.6 Å². The molecule has 0 radical (unpaired) electrons. The minimum atomic E-state index is -3.40. The molecule has 8 nitrogen and oxygen atoms in total. The number of imidazole rings is 1. The van der Waals surface area contributed by atoms with Gasteiger partial charge in [-0.1, -0.05) is 5.92 Å². The Hall–Kier alpha value is -3.69. The molecular weight excluding hydrogens is 519 g/mol. The molecule has 3 heterocycles. The summed E-state index contributed by atoms with van der Waals surface area (Å²) in [6.45, 7) is 1.15. The fraction of sp³-hybridized carbons (Fsp3) is 0.346. The maximum absolute atomic E-state index is 14.6. The van der Waals surface area contributed by atoms with E-state index in [2.05, 4.69) is 27.5 Å². The van der Waals surface area contributed by atoms with Crippen molar-refractivity contribution in [2.24, 2.45) is 0 Å². The number of nitrogens with one attached hydrogen (secondary N) is 2. The van der Waals surface area contributed by atoms with Crippen LogP contribution in [0.4, 0.5) is 24.5 Å². The Balaban J connectivity index is 1.60. The summed E-state index contributed by atoms with van der Waals surface area (Å²) < 4.78 is 71.6. The molecule has 2 N–H and O–H groups in total. The number of rotatable bonds is 7. The Kier molecular flexibility index (Phi) is 8.18. The van der Waals surface area contributed by atoms with Gasteiger partial charge in [-0.15, -0.1) is 0 Å². The molecule has 2 aromatic heterocycles. The monoisotopic (exact) mass is 547 g/mol. The highest BCUT2D eigenvalue weighted by atomic mass is 32.2. The fourth-order valence-electron chi connectivity index (χ4n) is 4.27. The van der Waals surface area contributed by atoms with Gasteiger partial charge in [0.1, 0.15) is 17.6 Å². The second-order valence-electron chi connectivity index (χ2n) is 9.00. The number of anilines is 2. The summed E-state index contributed by atoms with van der Waals surface area (Å²) in [7, 11) is -0.119. The van der Waals surface area contributed by atoms with Gasteiger partial charge in [0.05, 0.1) is 41.7 Å². The number of ether oxygens (including phenoxy) is 1. The first-order chi connectivity index (χ1) is 18.1. The van der Waals surface area contributed by atoms with Gasteiger partial charge in [0.25, 0.3) is 6.08 Å². The maximum Gasteiger partial charge on any atom is 0.272 e. The minimum absolute atomic E-state index is 0.103. The summed E-state index contributed by atoms with van der Waals surface area (Å²) in [6.07, 6.45) is 1.01. The normalized spacial score (nSPS) is 17.9. The van der Waals surface area contributed by atoms with Crippen LogP contribution in [0.3, 0.4) is 0 Å². The number of pyridine rings is 1. The molecule has 0 unspecified atom stereocenters. The molecule has 1 saturated heterocycles. The Morgan fingerprint density at radius 3 is 2.76 bits per heavy atom. The molecule has 3 aromatic rings. The number of hydrogen-bond donors (Lipinski definition) is 2. The Bertz CT molecular complexity index is 1520. The summed E-state index contributed by atoms with van der Waals surface area (Å²) >= 11 is 0. The first kappa shape index (κ1) is 27.3. The van der Waals surface area contributed by atoms with Gasteiger partial charge in [-0.3, -0.25) is 4.40 Å². The molecule has 0 spiro atoms. The standard InChI is InChI=1S/C26H28F3N5O3S/c1-33-13-10-19(18(27)16-33)31-22-7-5-12-34-23(15-25(28)29)20(32-26(22)34)6-4-11-30-21-9-8-17(38(3,35)36)14-24(21)37-2/h5,7-9,12,14-15,18-19,30-31H,10-11,13,16H2,1-3H3/t18-,19+/m0/s1. The van der Waals surface area contributed by atoms with E-state index < -0.39 is 28.1 Å². The van der Waals surface area contributed by atoms with Crippen molar-refractivity contribution in [3.8, 4) is 17.6 Å². The van der Waals surface area contributed by atoms with Crippen LogP contribution in [0.25, 0.3) is 11.7 Å². The number of sulfone groups is 1. The van der Waals surface area contributed by atoms with Crippen LogP contribution in [0.2, 0.25) is 0 Å². The molecule has 1 fully saturated rings. The van der Waals surface area contributed by atoms with Crippen molar-refractivity contribution in [1.29, 1.82) is 0 Å². The summed E-state index contributed by atoms with van der Waals surface area (Å²) in [5.41, 5.74) is 1.64. The molecule has 0 amide bonds. The van der Waals surface area contributed by atoms with E-state index in [0.29, 0.717) is 41.8 Å². The van der Waals surface area contributed by atoms with Crippen LogP contribution >= 0.6 is 0 Å². The molecule has 0 bridgehead atoms. The first-order valence-electron chi connectivity index (χ1n) is 11.8. The van der Waals surface area contributed by atoms with Crippen molar-refractivity contribution < 1.29 is 26.3 Å². The molecule has 1 aliphatic heterocycles. The second-order valence-corrected chi connectivity index (χ2v) is 11.0. The molecule has 0 saturated carbocycles. The Morgan fingerprint density at radius 1 is 1.29 bits per heavy atom. The van der Waals surface area contributed by atoms with Gasteiger partial charge in [0.15, 0.2) is 15.5 Å². The quantitative estimate of drug-likeness (QED) is 0.434. The molecule has 1 aromatic carbocycles. The second kappa shape index (κ2) is 11.4. The average Bonchev–Trinajstić information content (AvgIpc) is 3.20. The number of fused-ring (bicyclic) bond motifs is 1. The van der Waals surface area contributed by atoms with Crippen LogP contribution in [0.5, 0.6) is 5.75 Å². The number of alkyl halides is 1. The number of methoxy groups -OCH3 is 1. The summed E-state index contributed by atoms with van der Waals surface area (Å²) in [5, 5.41) is 6.23. The van der Waals surface area contributed by atoms with Crippen molar-refractivity contribution in [2.45, 2.75) is 23.5 Å². The minimum Gasteiger partial charge on any atom is -0.495 e. The van der Waals surface area contributed by atoms with Crippen LogP contribution in [0.1, 0.15) is 17.8 Å². The highest BCUT2D eigenvalue weighted by Crippen LogP contribution is 2.28. The van der Waals surface area contributed by atoms with Gasteiger partial charge in [0.2, 0.25) is 0 Å². The summed E-state index contributed by atoms with van der Waals surface area (Å²) in [4.78, 5) is 6.52. The predicted molar refractivity (Wildman–Crippen MR) is 141 cm³/mol. The molecule has 4 rings (SSSR count). The molecule has 38 heavy (non-hydrogen) atoms. The third-order valence-electron chi connectivity index (χ3n) is 6.19. The molecule has 2 atom stereocenters. The first-order valence-corrected chi connectivity index (χ1v) is 13.7. The van der Waals surface area contributed by atoms with Crippen LogP contribution < -0.4 is 15.4 Å². The van der Waals surface area contributed by atoms with Crippen LogP contribution in [0.15, 0.2) is 47.5 Å². The molecule has 12 heteroatoms. The van der Waals surface area contributed by atoms with Gasteiger partial charge in [0, 0.05) is 37.7 Å². The lowest BCUT2D eigenvalue weighted by atomic mass is 10.0. The molecule has 0 aliphatic carbocycles. The lowest BCUT2D eigenvalue weighted by Gasteiger charge is -2.33. The Morgan fingerprint density at radius 2 is 2.08 bits per heavy atom. The SMILES string of the molecule is COc1cc(S(C)(=O)=O)ccc1NCC#Cc1nc2c(N[C@@H]3CCN(C)C[C@@H]3F)cccn2c1C=C(F)F. The Labute approximate surface area is 219 Å². The zero-order chi connectivity index (χ0) is 27.4. The number of hydrogen-bond acceptors (Lipinski definition) is 7. The van der Waals surface area contributed by atoms with Gasteiger partial charge >= 0.3 is 0 Å². The summed E-state index contributed by atoms with van der Waals surface area (Å²) in [6, 6.07) is 7.40. The number of aromatic nitrogens is 2. The van der Waals surface area contributed by atoms with Crippen molar-refractivity contribution in [1.82, 2.24) is 14.3 Å². The highest BCUT2D eigenvalue weighted by Gasteiger charge is 2.28. The fourth-order valence-corrected chi connectivity index (χ4v) is 4.90. The van der Waals surface area contributed by atoms with Crippen molar-refractivity contribution >= 4 is 32.9 Å². The molecule has 202 valence electrons. The van der Waals surface area contributed by atoms with Crippen LogP contribution in [-0.2, 0) is 9.84 Å². The lowest BCUT2D eigenvalue weighted by molar-refractivity contribution is 0.149. The third kappa shape index (κ3) is 6.23. The van der Waals surface area contributed by atoms with E-state index in [-0.39, 0.29) is 22.8 Å². The number of halogens is 3. The third-order valence-corrected chi connectivity index (χ3v) is 7.30. The van der Waals surface area contributed by atoms with Gasteiger partial charge < -0.3 is 20.3 Å². The topological polar surface area (TPSA) is 88.0 Å². The van der Waals surface area contributed by atoms with E-state index in [0.717, 1.165) is 12.8 Å². The number of likely N-dealkylation sites (tertiary alicyclic amines) is 1. The van der Waals surface area contributed by atoms with E-state index in [4.69, 9.17) is 4.74 Å². The zero-order valence-corrected chi connectivity index (χ0v) is 21.9. The molecular formula is C26H28F3N5O3S. The smallest absolute Gasteiger partial charge is 0.272 e. The lowest BCUT2D eigenvalue weighted by Crippen LogP contribution is -2.46. The largest absolute Gasteiger partial charge is 0.495 e. The van der Waals surface area contributed by atoms with Crippen molar-refractivity contribution in [3.05, 3.63) is 54.0 Å². The van der Waals surface area contributed by atoms with Gasteiger partial charge in [-0.2, -0.15) is 8.78 Å². The highest BCUT2D eigenvalue weighted by molar-refractivity contribution is 7.90. The molecule has 1 aliphatic rings. The van der Waals surface area contributed by atoms with Crippen LogP contribution in [-0.4, -0.2) is 75.0 Å². The van der Waals surface area contributed by atoms with E-state index in [1.807, 2.05) is 11.9 Å². The zero-order valence-electron chi connectivity index (χ0n) is 21.1. The number of piperidine rings is 1.